The van der Waals surface area contributed by atoms with Crippen molar-refractivity contribution in [1.29, 1.82) is 0 Å². The quantitative estimate of drug-likeness (QED) is 0.528. The fourth-order valence-corrected chi connectivity index (χ4v) is 1.29. The highest BCUT2D eigenvalue weighted by Gasteiger charge is 2.15. The molecule has 1 unspecified atom stereocenters. The predicted octanol–water partition coefficient (Wildman–Crippen LogP) is 3.11. The Morgan fingerprint density at radius 3 is 2.62 bits per heavy atom. The molecule has 70 valence electrons. The van der Waals surface area contributed by atoms with Crippen LogP contribution in [0.1, 0.15) is 31.7 Å². The minimum atomic E-state index is -0.318. The van der Waals surface area contributed by atoms with Gasteiger partial charge in [0.05, 0.1) is 4.92 Å². The zero-order chi connectivity index (χ0) is 9.84. The van der Waals surface area contributed by atoms with Crippen LogP contribution in [-0.4, -0.2) is 4.92 Å². The molecular formula is C10H13NO2. The van der Waals surface area contributed by atoms with Gasteiger partial charge in [-0.1, -0.05) is 32.0 Å². The van der Waals surface area contributed by atoms with Crippen molar-refractivity contribution in [1.82, 2.24) is 0 Å². The fraction of sp³-hybridized carbons (Fsp3) is 0.400. The van der Waals surface area contributed by atoms with Crippen molar-refractivity contribution >= 4 is 5.69 Å². The summed E-state index contributed by atoms with van der Waals surface area (Å²) in [5.41, 5.74) is 1.06. The van der Waals surface area contributed by atoms with E-state index in [-0.39, 0.29) is 16.5 Å². The third kappa shape index (κ3) is 2.05. The molecule has 13 heavy (non-hydrogen) atoms. The second kappa shape index (κ2) is 4.03. The van der Waals surface area contributed by atoms with Gasteiger partial charge in [0.25, 0.3) is 5.69 Å². The zero-order valence-corrected chi connectivity index (χ0v) is 7.86. The molecule has 0 saturated heterocycles. The second-order valence-electron chi connectivity index (χ2n) is 3.13. The zero-order valence-electron chi connectivity index (χ0n) is 7.86. The molecule has 0 aliphatic rings. The molecule has 1 atom stereocenters. The van der Waals surface area contributed by atoms with Gasteiger partial charge in [-0.05, 0) is 12.3 Å². The molecular weight excluding hydrogens is 166 g/mol. The number of benzene rings is 1. The maximum absolute atomic E-state index is 10.6. The molecule has 0 heterocycles. The third-order valence-electron chi connectivity index (χ3n) is 2.28. The molecule has 0 aliphatic heterocycles. The number of para-hydroxylation sites is 1. The summed E-state index contributed by atoms with van der Waals surface area (Å²) in [5, 5.41) is 10.6. The highest BCUT2D eigenvalue weighted by atomic mass is 16.6. The van der Waals surface area contributed by atoms with Crippen LogP contribution < -0.4 is 0 Å². The lowest BCUT2D eigenvalue weighted by molar-refractivity contribution is -0.385. The van der Waals surface area contributed by atoms with E-state index >= 15 is 0 Å². The highest BCUT2D eigenvalue weighted by molar-refractivity contribution is 5.41. The number of nitro groups is 1. The van der Waals surface area contributed by atoms with Crippen LogP contribution in [0.2, 0.25) is 0 Å². The van der Waals surface area contributed by atoms with Gasteiger partial charge in [0.15, 0.2) is 0 Å². The van der Waals surface area contributed by atoms with E-state index < -0.39 is 0 Å². The Kier molecular flexibility index (Phi) is 3.01. The summed E-state index contributed by atoms with van der Waals surface area (Å²) in [6.45, 7) is 4.03. The lowest BCUT2D eigenvalue weighted by Gasteiger charge is -2.08. The molecule has 0 aromatic heterocycles. The van der Waals surface area contributed by atoms with Gasteiger partial charge in [0.1, 0.15) is 0 Å². The van der Waals surface area contributed by atoms with Gasteiger partial charge in [-0.25, -0.2) is 0 Å². The van der Waals surface area contributed by atoms with E-state index in [0.717, 1.165) is 12.0 Å². The van der Waals surface area contributed by atoms with Crippen LogP contribution >= 0.6 is 0 Å². The normalized spacial score (nSPS) is 12.5. The molecule has 0 spiro atoms. The largest absolute Gasteiger partial charge is 0.272 e. The number of hydrogen-bond acceptors (Lipinski definition) is 2. The minimum Gasteiger partial charge on any atom is -0.258 e. The molecule has 0 aliphatic carbocycles. The fourth-order valence-electron chi connectivity index (χ4n) is 1.29. The smallest absolute Gasteiger partial charge is 0.258 e. The van der Waals surface area contributed by atoms with Crippen LogP contribution in [0.5, 0.6) is 0 Å². The van der Waals surface area contributed by atoms with Crippen LogP contribution in [0.3, 0.4) is 0 Å². The van der Waals surface area contributed by atoms with E-state index in [1.807, 2.05) is 26.0 Å². The second-order valence-corrected chi connectivity index (χ2v) is 3.13. The van der Waals surface area contributed by atoms with Gasteiger partial charge in [-0.2, -0.15) is 0 Å². The van der Waals surface area contributed by atoms with Crippen molar-refractivity contribution in [3.63, 3.8) is 0 Å². The van der Waals surface area contributed by atoms with Gasteiger partial charge in [-0.3, -0.25) is 10.1 Å². The lowest BCUT2D eigenvalue weighted by Crippen LogP contribution is -1.98. The van der Waals surface area contributed by atoms with E-state index in [1.54, 1.807) is 12.1 Å². The molecule has 0 saturated carbocycles. The van der Waals surface area contributed by atoms with Crippen molar-refractivity contribution in [2.24, 2.45) is 0 Å². The summed E-state index contributed by atoms with van der Waals surface area (Å²) >= 11 is 0. The topological polar surface area (TPSA) is 43.1 Å². The van der Waals surface area contributed by atoms with Gasteiger partial charge < -0.3 is 0 Å². The van der Waals surface area contributed by atoms with E-state index in [0.29, 0.717) is 0 Å². The summed E-state index contributed by atoms with van der Waals surface area (Å²) in [6.07, 6.45) is 0.921. The Labute approximate surface area is 77.5 Å². The Hall–Kier alpha value is -1.38. The summed E-state index contributed by atoms with van der Waals surface area (Å²) in [7, 11) is 0. The Morgan fingerprint density at radius 2 is 2.08 bits per heavy atom. The van der Waals surface area contributed by atoms with Gasteiger partial charge in [0, 0.05) is 11.6 Å². The van der Waals surface area contributed by atoms with Crippen molar-refractivity contribution in [2.75, 3.05) is 0 Å². The monoisotopic (exact) mass is 179 g/mol. The Bertz CT molecular complexity index is 310. The number of nitro benzene ring substituents is 1. The van der Waals surface area contributed by atoms with Gasteiger partial charge in [-0.15, -0.1) is 0 Å². The first-order chi connectivity index (χ1) is 6.16. The molecule has 0 radical (unpaired) electrons. The molecule has 1 aromatic rings. The van der Waals surface area contributed by atoms with Crippen LogP contribution in [0.4, 0.5) is 5.69 Å². The van der Waals surface area contributed by atoms with Crippen LogP contribution in [0, 0.1) is 10.1 Å². The lowest BCUT2D eigenvalue weighted by atomic mass is 9.97. The minimum absolute atomic E-state index is 0.233. The van der Waals surface area contributed by atoms with E-state index in [2.05, 4.69) is 0 Å². The molecule has 1 rings (SSSR count). The van der Waals surface area contributed by atoms with Gasteiger partial charge in [0.2, 0.25) is 0 Å². The molecule has 0 fully saturated rings. The summed E-state index contributed by atoms with van der Waals surface area (Å²) in [4.78, 5) is 10.3. The number of hydrogen-bond donors (Lipinski definition) is 0. The first-order valence-electron chi connectivity index (χ1n) is 4.40. The molecule has 3 nitrogen and oxygen atoms in total. The molecule has 0 N–H and O–H groups in total. The summed E-state index contributed by atoms with van der Waals surface area (Å²) < 4.78 is 0. The van der Waals surface area contributed by atoms with Crippen LogP contribution in [0.15, 0.2) is 24.3 Å². The maximum atomic E-state index is 10.6. The van der Waals surface area contributed by atoms with Crippen molar-refractivity contribution in [3.8, 4) is 0 Å². The van der Waals surface area contributed by atoms with E-state index in [4.69, 9.17) is 0 Å². The first kappa shape index (κ1) is 9.71. The van der Waals surface area contributed by atoms with Gasteiger partial charge >= 0.3 is 0 Å². The summed E-state index contributed by atoms with van der Waals surface area (Å²) in [6, 6.07) is 6.92. The first-order valence-corrected chi connectivity index (χ1v) is 4.40. The average Bonchev–Trinajstić information content (AvgIpc) is 2.16. The third-order valence-corrected chi connectivity index (χ3v) is 2.28. The Morgan fingerprint density at radius 1 is 1.46 bits per heavy atom. The maximum Gasteiger partial charge on any atom is 0.272 e. The van der Waals surface area contributed by atoms with Crippen LogP contribution in [-0.2, 0) is 0 Å². The van der Waals surface area contributed by atoms with Crippen molar-refractivity contribution < 1.29 is 4.92 Å². The van der Waals surface area contributed by atoms with E-state index in [9.17, 15) is 10.1 Å². The van der Waals surface area contributed by atoms with Crippen LogP contribution in [0.25, 0.3) is 0 Å². The standard InChI is InChI=1S/C10H13NO2/c1-3-8(2)9-6-4-5-7-10(9)11(12)13/h4-8H,3H2,1-2H3. The predicted molar refractivity (Wildman–Crippen MR) is 51.8 cm³/mol. The molecule has 3 heteroatoms. The molecule has 1 aromatic carbocycles. The van der Waals surface area contributed by atoms with Crippen molar-refractivity contribution in [3.05, 3.63) is 39.9 Å². The molecule has 0 bridgehead atoms. The summed E-state index contributed by atoms with van der Waals surface area (Å²) in [5.74, 6) is 0.251. The van der Waals surface area contributed by atoms with E-state index in [1.165, 1.54) is 0 Å². The number of nitrogens with zero attached hydrogens (tertiary/aromatic N) is 1. The Balaban J connectivity index is 3.11. The molecule has 0 amide bonds. The SMILES string of the molecule is CCC(C)c1ccccc1[N+](=O)[O-]. The highest BCUT2D eigenvalue weighted by Crippen LogP contribution is 2.27. The average molecular weight is 179 g/mol. The van der Waals surface area contributed by atoms with Crippen molar-refractivity contribution in [2.45, 2.75) is 26.2 Å². The number of rotatable bonds is 3.